The van der Waals surface area contributed by atoms with E-state index < -0.39 is 35.1 Å². The second-order valence-corrected chi connectivity index (χ2v) is 5.65. The van der Waals surface area contributed by atoms with Gasteiger partial charge in [0.05, 0.1) is 13.7 Å². The molecule has 0 aliphatic carbocycles. The standard InChI is InChI=1S/C12H19ClO7/c1-11(2)19-8-7(5-17-6-15-3)18-12(13,9(8)20-11)10(14)16-4/h7-9H,5-6H2,1-4H3/t7-,8-,9-,12+/m1/s1. The number of halogens is 1. The SMILES string of the molecule is COCOC[C@H]1O[C@](Cl)(C(=O)OC)[C@@H]2OC(C)(C)O[C@@H]21. The molecule has 0 aromatic carbocycles. The summed E-state index contributed by atoms with van der Waals surface area (Å²) >= 11 is 6.27. The lowest BCUT2D eigenvalue weighted by molar-refractivity contribution is -0.209. The van der Waals surface area contributed by atoms with Gasteiger partial charge in [-0.3, -0.25) is 0 Å². The summed E-state index contributed by atoms with van der Waals surface area (Å²) in [6, 6.07) is 0. The van der Waals surface area contributed by atoms with Crippen LogP contribution in [0.25, 0.3) is 0 Å². The normalized spacial score (nSPS) is 38.8. The van der Waals surface area contributed by atoms with E-state index in [2.05, 4.69) is 0 Å². The summed E-state index contributed by atoms with van der Waals surface area (Å²) in [5.74, 6) is -1.57. The number of carbonyl (C=O) groups excluding carboxylic acids is 1. The van der Waals surface area contributed by atoms with Crippen LogP contribution in [0.1, 0.15) is 13.8 Å². The molecule has 2 fully saturated rings. The summed E-state index contributed by atoms with van der Waals surface area (Å²) in [6.07, 6.45) is -1.82. The van der Waals surface area contributed by atoms with Crippen LogP contribution in [0, 0.1) is 0 Å². The van der Waals surface area contributed by atoms with Gasteiger partial charge in [0.15, 0.2) is 5.79 Å². The third-order valence-corrected chi connectivity index (χ3v) is 3.59. The Bertz CT molecular complexity index is 375. The molecule has 2 rings (SSSR count). The van der Waals surface area contributed by atoms with Crippen molar-refractivity contribution in [1.82, 2.24) is 0 Å². The number of esters is 1. The van der Waals surface area contributed by atoms with Gasteiger partial charge in [-0.25, -0.2) is 4.79 Å². The zero-order valence-corrected chi connectivity index (χ0v) is 12.6. The summed E-state index contributed by atoms with van der Waals surface area (Å²) in [6.45, 7) is 3.76. The van der Waals surface area contributed by atoms with Crippen molar-refractivity contribution >= 4 is 17.6 Å². The third kappa shape index (κ3) is 2.79. The van der Waals surface area contributed by atoms with Crippen molar-refractivity contribution in [2.24, 2.45) is 0 Å². The van der Waals surface area contributed by atoms with E-state index in [1.54, 1.807) is 13.8 Å². The summed E-state index contributed by atoms with van der Waals surface area (Å²) < 4.78 is 31.7. The van der Waals surface area contributed by atoms with Crippen LogP contribution in [-0.2, 0) is 33.2 Å². The molecule has 0 N–H and O–H groups in total. The van der Waals surface area contributed by atoms with E-state index in [0.29, 0.717) is 0 Å². The summed E-state index contributed by atoms with van der Waals surface area (Å²) in [5, 5.41) is -1.73. The van der Waals surface area contributed by atoms with Crippen LogP contribution in [0.2, 0.25) is 0 Å². The molecule has 0 spiro atoms. The molecule has 0 bridgehead atoms. The lowest BCUT2D eigenvalue weighted by atomic mass is 10.1. The lowest BCUT2D eigenvalue weighted by Gasteiger charge is -2.27. The Balaban J connectivity index is 2.15. The number of hydrogen-bond donors (Lipinski definition) is 0. The molecular formula is C12H19ClO7. The quantitative estimate of drug-likeness (QED) is 0.319. The van der Waals surface area contributed by atoms with Crippen LogP contribution in [0.3, 0.4) is 0 Å². The van der Waals surface area contributed by atoms with Crippen LogP contribution in [-0.4, -0.2) is 62.7 Å². The zero-order valence-electron chi connectivity index (χ0n) is 11.9. The van der Waals surface area contributed by atoms with Gasteiger partial charge in [0.25, 0.3) is 5.06 Å². The summed E-state index contributed by atoms with van der Waals surface area (Å²) in [7, 11) is 2.75. The third-order valence-electron chi connectivity index (χ3n) is 3.13. The Morgan fingerprint density at radius 3 is 2.55 bits per heavy atom. The first-order chi connectivity index (χ1) is 9.34. The highest BCUT2D eigenvalue weighted by molar-refractivity contribution is 6.33. The number of ether oxygens (including phenoxy) is 6. The van der Waals surface area contributed by atoms with Gasteiger partial charge in [-0.15, -0.1) is 0 Å². The minimum Gasteiger partial charge on any atom is -0.466 e. The molecule has 7 nitrogen and oxygen atoms in total. The van der Waals surface area contributed by atoms with E-state index >= 15 is 0 Å². The molecule has 0 aromatic heterocycles. The second kappa shape index (κ2) is 5.75. The Morgan fingerprint density at radius 2 is 1.95 bits per heavy atom. The van der Waals surface area contributed by atoms with Crippen LogP contribution in [0.5, 0.6) is 0 Å². The molecule has 8 heteroatoms. The molecule has 2 aliphatic heterocycles. The minimum absolute atomic E-state index is 0.106. The van der Waals surface area contributed by atoms with Gasteiger partial charge in [-0.05, 0) is 13.8 Å². The predicted octanol–water partition coefficient (Wildman–Crippen LogP) is 0.634. The van der Waals surface area contributed by atoms with E-state index in [-0.39, 0.29) is 13.4 Å². The highest BCUT2D eigenvalue weighted by atomic mass is 35.5. The Hall–Kier alpha value is -0.440. The molecule has 2 saturated heterocycles. The molecule has 0 aromatic rings. The predicted molar refractivity (Wildman–Crippen MR) is 67.1 cm³/mol. The van der Waals surface area contributed by atoms with Crippen LogP contribution in [0.15, 0.2) is 0 Å². The van der Waals surface area contributed by atoms with Gasteiger partial charge >= 0.3 is 5.97 Å². The molecule has 116 valence electrons. The number of alkyl halides is 1. The Morgan fingerprint density at radius 1 is 1.25 bits per heavy atom. The van der Waals surface area contributed by atoms with E-state index in [1.807, 2.05) is 0 Å². The van der Waals surface area contributed by atoms with E-state index in [1.165, 1.54) is 14.2 Å². The number of methoxy groups -OCH3 is 2. The topological polar surface area (TPSA) is 72.5 Å². The Kier molecular flexibility index (Phi) is 4.58. The van der Waals surface area contributed by atoms with E-state index in [0.717, 1.165) is 0 Å². The maximum Gasteiger partial charge on any atom is 0.357 e. The molecule has 0 unspecified atom stereocenters. The summed E-state index contributed by atoms with van der Waals surface area (Å²) in [5.41, 5.74) is 0. The highest BCUT2D eigenvalue weighted by Gasteiger charge is 2.66. The van der Waals surface area contributed by atoms with Crippen molar-refractivity contribution in [3.05, 3.63) is 0 Å². The molecule has 2 aliphatic rings. The van der Waals surface area contributed by atoms with Crippen LogP contribution in [0.4, 0.5) is 0 Å². The smallest absolute Gasteiger partial charge is 0.357 e. The van der Waals surface area contributed by atoms with Gasteiger partial charge in [-0.1, -0.05) is 11.6 Å². The van der Waals surface area contributed by atoms with Crippen molar-refractivity contribution in [3.63, 3.8) is 0 Å². The van der Waals surface area contributed by atoms with Gasteiger partial charge in [0, 0.05) is 7.11 Å². The lowest BCUT2D eigenvalue weighted by Crippen LogP contribution is -2.45. The van der Waals surface area contributed by atoms with Crippen LogP contribution < -0.4 is 0 Å². The number of carbonyl (C=O) groups is 1. The molecular weight excluding hydrogens is 292 g/mol. The summed E-state index contributed by atoms with van der Waals surface area (Å²) in [4.78, 5) is 11.9. The van der Waals surface area contributed by atoms with Crippen LogP contribution >= 0.6 is 11.6 Å². The average molecular weight is 311 g/mol. The molecule has 0 radical (unpaired) electrons. The maximum absolute atomic E-state index is 11.9. The van der Waals surface area contributed by atoms with Crippen molar-refractivity contribution < 1.29 is 33.2 Å². The molecule has 0 saturated carbocycles. The van der Waals surface area contributed by atoms with Gasteiger partial charge in [0.1, 0.15) is 25.1 Å². The maximum atomic E-state index is 11.9. The first-order valence-electron chi connectivity index (χ1n) is 6.21. The van der Waals surface area contributed by atoms with Crippen molar-refractivity contribution in [1.29, 1.82) is 0 Å². The fraction of sp³-hybridized carbons (Fsp3) is 0.917. The van der Waals surface area contributed by atoms with Gasteiger partial charge in [-0.2, -0.15) is 0 Å². The molecule has 0 amide bonds. The molecule has 2 heterocycles. The number of hydrogen-bond acceptors (Lipinski definition) is 7. The average Bonchev–Trinajstić information content (AvgIpc) is 2.84. The minimum atomic E-state index is -1.73. The molecule has 4 atom stereocenters. The van der Waals surface area contributed by atoms with Crippen molar-refractivity contribution in [3.8, 4) is 0 Å². The number of fused-ring (bicyclic) bond motifs is 1. The second-order valence-electron chi connectivity index (χ2n) is 5.09. The fourth-order valence-corrected chi connectivity index (χ4v) is 2.74. The van der Waals surface area contributed by atoms with Gasteiger partial charge < -0.3 is 28.4 Å². The van der Waals surface area contributed by atoms with Crippen molar-refractivity contribution in [2.75, 3.05) is 27.6 Å². The largest absolute Gasteiger partial charge is 0.466 e. The number of rotatable bonds is 5. The first-order valence-corrected chi connectivity index (χ1v) is 6.59. The zero-order chi connectivity index (χ0) is 15.0. The van der Waals surface area contributed by atoms with Crippen molar-refractivity contribution in [2.45, 2.75) is 43.0 Å². The first kappa shape index (κ1) is 15.9. The van der Waals surface area contributed by atoms with E-state index in [4.69, 9.17) is 40.0 Å². The van der Waals surface area contributed by atoms with Gasteiger partial charge in [0.2, 0.25) is 0 Å². The highest BCUT2D eigenvalue weighted by Crippen LogP contribution is 2.46. The Labute approximate surface area is 122 Å². The fourth-order valence-electron chi connectivity index (χ4n) is 2.38. The van der Waals surface area contributed by atoms with E-state index in [9.17, 15) is 4.79 Å². The molecule has 20 heavy (non-hydrogen) atoms. The monoisotopic (exact) mass is 310 g/mol.